The first-order chi connectivity index (χ1) is 30.7. The van der Waals surface area contributed by atoms with Gasteiger partial charge in [0, 0.05) is 31.0 Å². The average molecular weight is 877 g/mol. The van der Waals surface area contributed by atoms with Gasteiger partial charge < -0.3 is 29.0 Å². The molecular formula is C52H64N2O10. The second kappa shape index (κ2) is 28.3. The number of nitrogens with one attached hydrogen (secondary N) is 1. The lowest BCUT2D eigenvalue weighted by Crippen LogP contribution is -2.49. The Morgan fingerprint density at radius 2 is 1.30 bits per heavy atom. The predicted molar refractivity (Wildman–Crippen MR) is 248 cm³/mol. The zero-order valence-corrected chi connectivity index (χ0v) is 38.1. The lowest BCUT2D eigenvalue weighted by atomic mass is 9.86. The zero-order valence-electron chi connectivity index (χ0n) is 38.1. The highest BCUT2D eigenvalue weighted by molar-refractivity contribution is 5.98. The molecule has 1 unspecified atom stereocenters. The minimum atomic E-state index is -1.29. The van der Waals surface area contributed by atoms with Gasteiger partial charge in [-0.3, -0.25) is 14.6 Å². The first-order valence-corrected chi connectivity index (χ1v) is 21.8. The number of aromatic nitrogens is 1. The van der Waals surface area contributed by atoms with Gasteiger partial charge in [-0.05, 0) is 102 Å². The van der Waals surface area contributed by atoms with Crippen LogP contribution in [0.15, 0.2) is 134 Å². The Labute approximate surface area is 378 Å². The smallest absolute Gasteiger partial charge is 0.347 e. The van der Waals surface area contributed by atoms with Gasteiger partial charge in [0.2, 0.25) is 0 Å². The number of para-hydroxylation sites is 2. The molecule has 1 heterocycles. The highest BCUT2D eigenvalue weighted by atomic mass is 16.6. The number of unbranched alkanes of at least 4 members (excludes halogenated alkanes) is 2. The van der Waals surface area contributed by atoms with Crippen molar-refractivity contribution in [2.24, 2.45) is 5.41 Å². The number of carbonyl (C=O) groups is 5. The first-order valence-electron chi connectivity index (χ1n) is 21.8. The number of rotatable bonds is 26. The molecule has 342 valence electrons. The molecule has 3 aromatic rings. The number of nitrogens with zero attached hydrogens (tertiary/aromatic N) is 1. The molecule has 64 heavy (non-hydrogen) atoms. The van der Waals surface area contributed by atoms with Crippen molar-refractivity contribution < 1.29 is 47.7 Å². The molecule has 0 radical (unpaired) electrons. The fourth-order valence-electron chi connectivity index (χ4n) is 5.81. The largest absolute Gasteiger partial charge is 0.456 e. The average Bonchev–Trinajstić information content (AvgIpc) is 3.26. The van der Waals surface area contributed by atoms with Crippen molar-refractivity contribution >= 4 is 29.8 Å². The van der Waals surface area contributed by atoms with Gasteiger partial charge in [-0.2, -0.15) is 0 Å². The molecule has 0 fully saturated rings. The van der Waals surface area contributed by atoms with Crippen molar-refractivity contribution in [2.75, 3.05) is 19.8 Å². The van der Waals surface area contributed by atoms with E-state index in [-0.39, 0.29) is 47.8 Å². The molecule has 2 aromatic carbocycles. The molecule has 1 amide bonds. The SMILES string of the molecule is CCC=CCC=CCC=CCC=CC=CCCCCOCC(C)(C)C(OC(=O)c1cccnc1)C(=O)NCCC(=O)Oc1ccccc1C(=O)Oc1ccccc1C(=O)OC(C)(C)C. The van der Waals surface area contributed by atoms with Gasteiger partial charge in [0.15, 0.2) is 6.10 Å². The van der Waals surface area contributed by atoms with Crippen LogP contribution in [0.4, 0.5) is 0 Å². The topological polar surface area (TPSA) is 156 Å². The van der Waals surface area contributed by atoms with Gasteiger partial charge in [0.1, 0.15) is 28.2 Å². The molecule has 1 atom stereocenters. The Bertz CT molecular complexity index is 2090. The van der Waals surface area contributed by atoms with E-state index >= 15 is 0 Å². The molecule has 0 aliphatic carbocycles. The quantitative estimate of drug-likeness (QED) is 0.0269. The highest BCUT2D eigenvalue weighted by Gasteiger charge is 2.39. The summed E-state index contributed by atoms with van der Waals surface area (Å²) in [6.45, 7) is 11.2. The second-order valence-corrected chi connectivity index (χ2v) is 16.3. The van der Waals surface area contributed by atoms with Gasteiger partial charge in [-0.25, -0.2) is 14.4 Å². The summed E-state index contributed by atoms with van der Waals surface area (Å²) in [5.74, 6) is -3.78. The van der Waals surface area contributed by atoms with Crippen LogP contribution in [0.3, 0.4) is 0 Å². The molecular weight excluding hydrogens is 813 g/mol. The van der Waals surface area contributed by atoms with E-state index < -0.39 is 46.9 Å². The number of amides is 1. The Morgan fingerprint density at radius 1 is 0.688 bits per heavy atom. The molecule has 0 aliphatic rings. The third kappa shape index (κ3) is 20.2. The normalized spacial score (nSPS) is 12.6. The lowest BCUT2D eigenvalue weighted by Gasteiger charge is -2.32. The summed E-state index contributed by atoms with van der Waals surface area (Å²) in [5, 5.41) is 2.68. The standard InChI is InChI=1S/C52H64N2O10/c1-7-8-9-10-11-12-13-14-15-16-17-18-19-20-21-22-27-37-60-39-52(5,6)46(63-48(57)40-29-28-35-53-38-40)47(56)54-36-34-45(55)61-43-32-25-23-30-41(43)49(58)62-44-33-26-24-31-42(44)50(59)64-51(2,3)4/h8-9,11-12,14-15,17-20,23-26,28-33,35,38,46H,7,10,13,16,21-22,27,34,36-37,39H2,1-6H3,(H,54,56). The van der Waals surface area contributed by atoms with Crippen molar-refractivity contribution in [1.82, 2.24) is 10.3 Å². The van der Waals surface area contributed by atoms with E-state index in [0.29, 0.717) is 6.61 Å². The van der Waals surface area contributed by atoms with E-state index in [1.165, 1.54) is 42.7 Å². The maximum absolute atomic E-state index is 13.6. The fraction of sp³-hybridized carbons (Fsp3) is 0.385. The maximum atomic E-state index is 13.6. The number of hydrogen-bond donors (Lipinski definition) is 1. The Morgan fingerprint density at radius 3 is 1.94 bits per heavy atom. The highest BCUT2D eigenvalue weighted by Crippen LogP contribution is 2.27. The summed E-state index contributed by atoms with van der Waals surface area (Å²) in [4.78, 5) is 69.8. The summed E-state index contributed by atoms with van der Waals surface area (Å²) in [6.07, 6.45) is 29.1. The molecule has 1 N–H and O–H groups in total. The van der Waals surface area contributed by atoms with Crippen LogP contribution in [0.1, 0.15) is 124 Å². The van der Waals surface area contributed by atoms with E-state index in [1.54, 1.807) is 65.0 Å². The fourth-order valence-corrected chi connectivity index (χ4v) is 5.81. The van der Waals surface area contributed by atoms with Gasteiger partial charge >= 0.3 is 23.9 Å². The van der Waals surface area contributed by atoms with E-state index in [2.05, 4.69) is 65.8 Å². The van der Waals surface area contributed by atoms with E-state index in [1.807, 2.05) is 12.2 Å². The molecule has 0 saturated heterocycles. The number of carbonyl (C=O) groups excluding carboxylic acids is 5. The monoisotopic (exact) mass is 876 g/mol. The predicted octanol–water partition coefficient (Wildman–Crippen LogP) is 10.5. The summed E-state index contributed by atoms with van der Waals surface area (Å²) >= 11 is 0. The lowest BCUT2D eigenvalue weighted by molar-refractivity contribution is -0.139. The number of hydrogen-bond acceptors (Lipinski definition) is 11. The molecule has 0 spiro atoms. The van der Waals surface area contributed by atoms with Crippen LogP contribution < -0.4 is 14.8 Å². The molecule has 12 nitrogen and oxygen atoms in total. The molecule has 12 heteroatoms. The Hall–Kier alpha value is -6.40. The third-order valence-electron chi connectivity index (χ3n) is 9.06. The van der Waals surface area contributed by atoms with Crippen LogP contribution in [0, 0.1) is 5.41 Å². The molecule has 0 bridgehead atoms. The van der Waals surface area contributed by atoms with Crippen molar-refractivity contribution in [1.29, 1.82) is 0 Å². The molecule has 3 rings (SSSR count). The van der Waals surface area contributed by atoms with Gasteiger partial charge in [0.25, 0.3) is 5.91 Å². The van der Waals surface area contributed by atoms with Gasteiger partial charge in [0.05, 0.1) is 18.6 Å². The van der Waals surface area contributed by atoms with Crippen molar-refractivity contribution in [2.45, 2.75) is 105 Å². The van der Waals surface area contributed by atoms with Crippen LogP contribution >= 0.6 is 0 Å². The zero-order chi connectivity index (χ0) is 46.6. The Balaban J connectivity index is 1.50. The van der Waals surface area contributed by atoms with Crippen molar-refractivity contribution in [3.8, 4) is 11.5 Å². The van der Waals surface area contributed by atoms with Crippen LogP contribution in [-0.2, 0) is 23.8 Å². The number of ether oxygens (including phenoxy) is 5. The number of esters is 4. The van der Waals surface area contributed by atoms with Gasteiger partial charge in [-0.1, -0.05) is 106 Å². The van der Waals surface area contributed by atoms with Crippen LogP contribution in [0.5, 0.6) is 11.5 Å². The number of benzene rings is 2. The van der Waals surface area contributed by atoms with E-state index in [4.69, 9.17) is 23.7 Å². The summed E-state index contributed by atoms with van der Waals surface area (Å²) < 4.78 is 28.3. The summed E-state index contributed by atoms with van der Waals surface area (Å²) in [5.41, 5.74) is -1.59. The van der Waals surface area contributed by atoms with E-state index in [9.17, 15) is 24.0 Å². The number of pyridine rings is 1. The van der Waals surface area contributed by atoms with Crippen LogP contribution in [0.25, 0.3) is 0 Å². The molecule has 0 saturated carbocycles. The third-order valence-corrected chi connectivity index (χ3v) is 9.06. The Kier molecular flexibility index (Phi) is 23.0. The van der Waals surface area contributed by atoms with Crippen molar-refractivity contribution in [3.63, 3.8) is 0 Å². The maximum Gasteiger partial charge on any atom is 0.347 e. The summed E-state index contributed by atoms with van der Waals surface area (Å²) in [7, 11) is 0. The molecule has 1 aromatic heterocycles. The minimum Gasteiger partial charge on any atom is -0.456 e. The minimum absolute atomic E-state index is 0.0284. The molecule has 0 aliphatic heterocycles. The van der Waals surface area contributed by atoms with E-state index in [0.717, 1.165) is 44.9 Å². The van der Waals surface area contributed by atoms with Crippen molar-refractivity contribution in [3.05, 3.63) is 151 Å². The second-order valence-electron chi connectivity index (χ2n) is 16.3. The van der Waals surface area contributed by atoms with Gasteiger partial charge in [-0.15, -0.1) is 0 Å². The first kappa shape index (κ1) is 51.9. The van der Waals surface area contributed by atoms with Crippen LogP contribution in [0.2, 0.25) is 0 Å². The number of allylic oxidation sites excluding steroid dienone is 10. The summed E-state index contributed by atoms with van der Waals surface area (Å²) in [6, 6.07) is 15.3. The van der Waals surface area contributed by atoms with Crippen LogP contribution in [-0.4, -0.2) is 66.2 Å².